The quantitative estimate of drug-likeness (QED) is 0.251. The van der Waals surface area contributed by atoms with Crippen molar-refractivity contribution in [2.75, 3.05) is 6.61 Å². The maximum Gasteiger partial charge on any atom is 0.422 e. The van der Waals surface area contributed by atoms with Crippen LogP contribution in [-0.4, -0.2) is 24.6 Å². The van der Waals surface area contributed by atoms with E-state index in [1.807, 2.05) is 0 Å². The molecule has 2 aliphatic rings. The highest BCUT2D eigenvalue weighted by atomic mass is 19.4. The Bertz CT molecular complexity index is 859. The molecule has 0 unspecified atom stereocenters. The van der Waals surface area contributed by atoms with Crippen LogP contribution in [0.4, 0.5) is 22.0 Å². The number of benzene rings is 1. The van der Waals surface area contributed by atoms with Gasteiger partial charge in [-0.3, -0.25) is 4.79 Å². The number of esters is 2. The van der Waals surface area contributed by atoms with E-state index in [0.29, 0.717) is 24.7 Å². The number of hydrogen-bond donors (Lipinski definition) is 0. The van der Waals surface area contributed by atoms with Crippen LogP contribution < -0.4 is 0 Å². The number of ether oxygens (including phenoxy) is 2. The van der Waals surface area contributed by atoms with Crippen molar-refractivity contribution in [1.29, 1.82) is 0 Å². The molecule has 1 aromatic carbocycles. The zero-order valence-corrected chi connectivity index (χ0v) is 18.8. The molecular weight excluding hydrogens is 459 g/mol. The topological polar surface area (TPSA) is 52.6 Å². The van der Waals surface area contributed by atoms with Gasteiger partial charge in [0.1, 0.15) is 29.9 Å². The van der Waals surface area contributed by atoms with Crippen LogP contribution in [0, 0.1) is 23.5 Å². The Kier molecular flexibility index (Phi) is 8.71. The van der Waals surface area contributed by atoms with Crippen LogP contribution >= 0.6 is 0 Å². The van der Waals surface area contributed by atoms with E-state index < -0.39 is 35.3 Å². The van der Waals surface area contributed by atoms with Crippen molar-refractivity contribution in [1.82, 2.24) is 0 Å². The summed E-state index contributed by atoms with van der Waals surface area (Å²) in [6.45, 7) is 3.23. The third kappa shape index (κ3) is 6.79. The molecule has 0 spiro atoms. The smallest absolute Gasteiger partial charge is 0.422 e. The van der Waals surface area contributed by atoms with Crippen LogP contribution in [0.25, 0.3) is 0 Å². The zero-order chi connectivity index (χ0) is 24.9. The molecular formula is C25H29F5O4. The zero-order valence-electron chi connectivity index (χ0n) is 18.8. The minimum Gasteiger partial charge on any atom is -0.462 e. The molecule has 0 atom stereocenters. The van der Waals surface area contributed by atoms with Gasteiger partial charge in [0.25, 0.3) is 0 Å². The fourth-order valence-corrected chi connectivity index (χ4v) is 5.24. The minimum atomic E-state index is -5.06. The van der Waals surface area contributed by atoms with E-state index in [-0.39, 0.29) is 30.6 Å². The predicted octanol–water partition coefficient (Wildman–Crippen LogP) is 6.48. The second-order valence-electron chi connectivity index (χ2n) is 9.12. The first-order chi connectivity index (χ1) is 16.1. The van der Waals surface area contributed by atoms with Gasteiger partial charge in [-0.15, -0.1) is 0 Å². The summed E-state index contributed by atoms with van der Waals surface area (Å²) < 4.78 is 76.6. The lowest BCUT2D eigenvalue weighted by Gasteiger charge is -2.37. The maximum absolute atomic E-state index is 14.0. The van der Waals surface area contributed by atoms with Crippen LogP contribution in [0.15, 0.2) is 24.8 Å². The summed E-state index contributed by atoms with van der Waals surface area (Å²) in [5.74, 6) is -3.36. The number of halogens is 5. The summed E-state index contributed by atoms with van der Waals surface area (Å²) in [4.78, 5) is 22.9. The lowest BCUT2D eigenvalue weighted by atomic mass is 9.69. The van der Waals surface area contributed by atoms with Crippen molar-refractivity contribution < 1.29 is 41.0 Å². The highest BCUT2D eigenvalue weighted by Crippen LogP contribution is 2.44. The fourth-order valence-electron chi connectivity index (χ4n) is 5.24. The van der Waals surface area contributed by atoms with Crippen molar-refractivity contribution in [2.45, 2.75) is 76.0 Å². The Morgan fingerprint density at radius 3 is 1.97 bits per heavy atom. The lowest BCUT2D eigenvalue weighted by Crippen LogP contribution is -2.29. The molecule has 0 radical (unpaired) electrons. The minimum absolute atomic E-state index is 0.00530. The molecule has 0 bridgehead atoms. The average molecular weight is 488 g/mol. The van der Waals surface area contributed by atoms with Gasteiger partial charge in [-0.05, 0) is 86.8 Å². The number of carbonyl (C=O) groups is 2. The third-order valence-electron chi connectivity index (χ3n) is 6.99. The molecule has 34 heavy (non-hydrogen) atoms. The molecule has 9 heteroatoms. The second-order valence-corrected chi connectivity index (χ2v) is 9.12. The van der Waals surface area contributed by atoms with Gasteiger partial charge >= 0.3 is 18.1 Å². The number of rotatable bonds is 7. The molecule has 2 fully saturated rings. The van der Waals surface area contributed by atoms with Crippen LogP contribution in [0.2, 0.25) is 0 Å². The van der Waals surface area contributed by atoms with Gasteiger partial charge < -0.3 is 9.47 Å². The summed E-state index contributed by atoms with van der Waals surface area (Å²) in [7, 11) is 0. The third-order valence-corrected chi connectivity index (χ3v) is 6.99. The number of carbonyl (C=O) groups excluding carboxylic acids is 2. The normalized spacial score (nSPS) is 25.4. The second kappa shape index (κ2) is 11.3. The van der Waals surface area contributed by atoms with Gasteiger partial charge in [-0.2, -0.15) is 13.2 Å². The first-order valence-electron chi connectivity index (χ1n) is 11.6. The Hall–Kier alpha value is -2.45. The lowest BCUT2D eigenvalue weighted by molar-refractivity contribution is -0.153. The predicted molar refractivity (Wildman–Crippen MR) is 114 cm³/mol. The summed E-state index contributed by atoms with van der Waals surface area (Å²) >= 11 is 0. The SMILES string of the molecule is C=CC(=O)OCCC(=O)OC1CCC(C2CCC(c3cc(F)c(C(F)(F)F)c(F)c3)CC2)CC1. The Balaban J connectivity index is 1.43. The molecule has 0 aliphatic heterocycles. The molecule has 2 saturated carbocycles. The van der Waals surface area contributed by atoms with Crippen molar-refractivity contribution in [3.8, 4) is 0 Å². The maximum atomic E-state index is 14.0. The summed E-state index contributed by atoms with van der Waals surface area (Å²) in [6, 6.07) is 1.66. The highest BCUT2D eigenvalue weighted by molar-refractivity contribution is 5.81. The standard InChI is InChI=1S/C25H29F5O4/c1-2-22(31)33-12-11-23(32)34-19-9-7-16(8-10-19)15-3-5-17(6-4-15)18-13-20(26)24(21(27)14-18)25(28,29)30/h2,13-17,19H,1,3-12H2. The van der Waals surface area contributed by atoms with E-state index in [1.165, 1.54) is 0 Å². The van der Waals surface area contributed by atoms with E-state index >= 15 is 0 Å². The molecule has 4 nitrogen and oxygen atoms in total. The molecule has 1 aromatic rings. The molecule has 0 N–H and O–H groups in total. The summed E-state index contributed by atoms with van der Waals surface area (Å²) in [5, 5.41) is 0. The van der Waals surface area contributed by atoms with E-state index in [0.717, 1.165) is 56.7 Å². The van der Waals surface area contributed by atoms with Crippen LogP contribution in [-0.2, 0) is 25.2 Å². The average Bonchev–Trinajstić information content (AvgIpc) is 2.78. The van der Waals surface area contributed by atoms with Gasteiger partial charge in [0, 0.05) is 6.08 Å². The van der Waals surface area contributed by atoms with Crippen LogP contribution in [0.5, 0.6) is 0 Å². The first kappa shape index (κ1) is 26.2. The monoisotopic (exact) mass is 488 g/mol. The number of alkyl halides is 3. The molecule has 0 aromatic heterocycles. The molecule has 2 aliphatic carbocycles. The molecule has 3 rings (SSSR count). The Labute approximate surface area is 195 Å². The van der Waals surface area contributed by atoms with Gasteiger partial charge in [-0.25, -0.2) is 13.6 Å². The first-order valence-corrected chi connectivity index (χ1v) is 11.6. The Morgan fingerprint density at radius 1 is 0.941 bits per heavy atom. The van der Waals surface area contributed by atoms with Gasteiger partial charge in [0.2, 0.25) is 0 Å². The van der Waals surface area contributed by atoms with Gasteiger partial charge in [0.15, 0.2) is 0 Å². The van der Waals surface area contributed by atoms with Gasteiger partial charge in [-0.1, -0.05) is 6.58 Å². The van der Waals surface area contributed by atoms with E-state index in [9.17, 15) is 31.5 Å². The Morgan fingerprint density at radius 2 is 1.47 bits per heavy atom. The molecule has 188 valence electrons. The van der Waals surface area contributed by atoms with Crippen molar-refractivity contribution >= 4 is 11.9 Å². The van der Waals surface area contributed by atoms with Crippen molar-refractivity contribution in [3.63, 3.8) is 0 Å². The largest absolute Gasteiger partial charge is 0.462 e. The number of hydrogen-bond acceptors (Lipinski definition) is 4. The summed E-state index contributed by atoms with van der Waals surface area (Å²) in [6.07, 6.45) is 2.15. The van der Waals surface area contributed by atoms with Crippen LogP contribution in [0.3, 0.4) is 0 Å². The van der Waals surface area contributed by atoms with E-state index in [4.69, 9.17) is 9.47 Å². The molecule has 0 amide bonds. The van der Waals surface area contributed by atoms with E-state index in [1.54, 1.807) is 0 Å². The van der Waals surface area contributed by atoms with Crippen LogP contribution in [0.1, 0.15) is 74.8 Å². The fraction of sp³-hybridized carbons (Fsp3) is 0.600. The van der Waals surface area contributed by atoms with Crippen molar-refractivity contribution in [2.24, 2.45) is 11.8 Å². The molecule has 0 heterocycles. The highest BCUT2D eigenvalue weighted by Gasteiger charge is 2.39. The molecule has 0 saturated heterocycles. The van der Waals surface area contributed by atoms with Gasteiger partial charge in [0.05, 0.1) is 6.42 Å². The van der Waals surface area contributed by atoms with Crippen molar-refractivity contribution in [3.05, 3.63) is 47.5 Å². The summed E-state index contributed by atoms with van der Waals surface area (Å²) in [5.41, 5.74) is -1.55. The van der Waals surface area contributed by atoms with E-state index in [2.05, 4.69) is 6.58 Å².